The van der Waals surface area contributed by atoms with Gasteiger partial charge < -0.3 is 24.7 Å². The average Bonchev–Trinajstić information content (AvgIpc) is 3.00. The standard InChI is InChI=1S/C17H15BrN2O5/c1-3-22-17(21)14-8(2)25-16(20)10(6-19)15(14)9-4-12-13(5-11(9)18)24-7-23-12/h4-5,15H,3,7,20H2,1-2H3/t15-/m1/s1. The molecule has 25 heavy (non-hydrogen) atoms. The van der Waals surface area contributed by atoms with E-state index in [0.29, 0.717) is 27.3 Å². The van der Waals surface area contributed by atoms with Crippen LogP contribution in [0.25, 0.3) is 0 Å². The van der Waals surface area contributed by atoms with Gasteiger partial charge in [0.15, 0.2) is 11.5 Å². The summed E-state index contributed by atoms with van der Waals surface area (Å²) in [5.41, 5.74) is 6.88. The quantitative estimate of drug-likeness (QED) is 0.769. The van der Waals surface area contributed by atoms with Crippen molar-refractivity contribution in [1.82, 2.24) is 0 Å². The number of rotatable bonds is 3. The summed E-state index contributed by atoms with van der Waals surface area (Å²) in [6.45, 7) is 3.63. The van der Waals surface area contributed by atoms with Crippen LogP contribution in [-0.4, -0.2) is 19.4 Å². The van der Waals surface area contributed by atoms with E-state index in [1.54, 1.807) is 26.0 Å². The van der Waals surface area contributed by atoms with E-state index in [0.717, 1.165) is 0 Å². The molecular formula is C17H15BrN2O5. The van der Waals surface area contributed by atoms with Crippen molar-refractivity contribution in [3.8, 4) is 17.6 Å². The molecule has 130 valence electrons. The van der Waals surface area contributed by atoms with E-state index >= 15 is 0 Å². The zero-order valence-electron chi connectivity index (χ0n) is 13.6. The van der Waals surface area contributed by atoms with Crippen molar-refractivity contribution in [3.63, 3.8) is 0 Å². The number of nitriles is 1. The van der Waals surface area contributed by atoms with Crippen LogP contribution in [0.3, 0.4) is 0 Å². The number of esters is 1. The summed E-state index contributed by atoms with van der Waals surface area (Å²) < 4.78 is 22.0. The van der Waals surface area contributed by atoms with Gasteiger partial charge in [-0.25, -0.2) is 4.79 Å². The van der Waals surface area contributed by atoms with E-state index in [1.807, 2.05) is 6.07 Å². The van der Waals surface area contributed by atoms with Gasteiger partial charge in [-0.1, -0.05) is 15.9 Å². The molecule has 0 aromatic heterocycles. The predicted octanol–water partition coefficient (Wildman–Crippen LogP) is 2.82. The van der Waals surface area contributed by atoms with Gasteiger partial charge >= 0.3 is 5.97 Å². The minimum atomic E-state index is -0.735. The van der Waals surface area contributed by atoms with Crippen LogP contribution in [0.5, 0.6) is 11.5 Å². The van der Waals surface area contributed by atoms with Gasteiger partial charge in [0.1, 0.15) is 17.4 Å². The minimum absolute atomic E-state index is 0.0392. The number of nitrogens with zero attached hydrogens (tertiary/aromatic N) is 1. The van der Waals surface area contributed by atoms with Crippen molar-refractivity contribution in [1.29, 1.82) is 5.26 Å². The van der Waals surface area contributed by atoms with Crippen molar-refractivity contribution in [2.24, 2.45) is 5.73 Å². The van der Waals surface area contributed by atoms with Crippen LogP contribution in [0.4, 0.5) is 0 Å². The van der Waals surface area contributed by atoms with Gasteiger partial charge in [0.25, 0.3) is 0 Å². The summed E-state index contributed by atoms with van der Waals surface area (Å²) in [5.74, 6) is 0.0709. The monoisotopic (exact) mass is 406 g/mol. The zero-order valence-corrected chi connectivity index (χ0v) is 15.2. The Hall–Kier alpha value is -2.66. The van der Waals surface area contributed by atoms with Crippen molar-refractivity contribution >= 4 is 21.9 Å². The summed E-state index contributed by atoms with van der Waals surface area (Å²) in [5, 5.41) is 9.58. The molecule has 8 heteroatoms. The summed E-state index contributed by atoms with van der Waals surface area (Å²) >= 11 is 3.47. The smallest absolute Gasteiger partial charge is 0.338 e. The van der Waals surface area contributed by atoms with E-state index in [-0.39, 0.29) is 30.4 Å². The summed E-state index contributed by atoms with van der Waals surface area (Å²) in [6, 6.07) is 5.49. The summed E-state index contributed by atoms with van der Waals surface area (Å²) in [4.78, 5) is 12.5. The first-order chi connectivity index (χ1) is 12.0. The van der Waals surface area contributed by atoms with E-state index in [4.69, 9.17) is 24.7 Å². The van der Waals surface area contributed by atoms with Crippen molar-refractivity contribution in [2.45, 2.75) is 19.8 Å². The summed E-state index contributed by atoms with van der Waals surface area (Å²) in [7, 11) is 0. The van der Waals surface area contributed by atoms with Crippen molar-refractivity contribution in [2.75, 3.05) is 13.4 Å². The topological polar surface area (TPSA) is 104 Å². The van der Waals surface area contributed by atoms with Crippen LogP contribution in [0.15, 0.2) is 39.4 Å². The van der Waals surface area contributed by atoms with E-state index in [1.165, 1.54) is 0 Å². The van der Waals surface area contributed by atoms with Crippen molar-refractivity contribution < 1.29 is 23.7 Å². The molecule has 0 fully saturated rings. The van der Waals surface area contributed by atoms with Crippen LogP contribution in [0, 0.1) is 11.3 Å². The third kappa shape index (κ3) is 2.91. The lowest BCUT2D eigenvalue weighted by Crippen LogP contribution is -2.25. The Balaban J connectivity index is 2.19. The molecule has 0 aliphatic carbocycles. The number of benzene rings is 1. The number of ether oxygens (including phenoxy) is 4. The molecule has 2 heterocycles. The highest BCUT2D eigenvalue weighted by atomic mass is 79.9. The Labute approximate surface area is 152 Å². The number of nitrogens with two attached hydrogens (primary N) is 1. The Bertz CT molecular complexity index is 853. The van der Waals surface area contributed by atoms with E-state index in [2.05, 4.69) is 15.9 Å². The molecular weight excluding hydrogens is 392 g/mol. The molecule has 1 aromatic carbocycles. The fraction of sp³-hybridized carbons (Fsp3) is 0.294. The second-order valence-electron chi connectivity index (χ2n) is 5.34. The fourth-order valence-electron chi connectivity index (χ4n) is 2.82. The second-order valence-corrected chi connectivity index (χ2v) is 6.20. The normalized spacial score (nSPS) is 18.7. The molecule has 1 atom stereocenters. The van der Waals surface area contributed by atoms with Crippen molar-refractivity contribution in [3.05, 3.63) is 45.0 Å². The Morgan fingerprint density at radius 3 is 2.76 bits per heavy atom. The van der Waals surface area contributed by atoms with E-state index in [9.17, 15) is 10.1 Å². The first-order valence-electron chi connectivity index (χ1n) is 7.52. The Morgan fingerprint density at radius 1 is 1.44 bits per heavy atom. The lowest BCUT2D eigenvalue weighted by molar-refractivity contribution is -0.139. The predicted molar refractivity (Wildman–Crippen MR) is 90.3 cm³/mol. The van der Waals surface area contributed by atoms with Crippen LogP contribution < -0.4 is 15.2 Å². The second kappa shape index (κ2) is 6.69. The maximum atomic E-state index is 12.5. The lowest BCUT2D eigenvalue weighted by Gasteiger charge is -2.27. The van der Waals surface area contributed by atoms with Crippen LogP contribution in [-0.2, 0) is 14.3 Å². The first kappa shape index (κ1) is 17.2. The van der Waals surface area contributed by atoms with Crippen LogP contribution >= 0.6 is 15.9 Å². The minimum Gasteiger partial charge on any atom is -0.463 e. The molecule has 0 spiro atoms. The summed E-state index contributed by atoms with van der Waals surface area (Å²) in [6.07, 6.45) is 0. The molecule has 0 amide bonds. The molecule has 1 aromatic rings. The van der Waals surface area contributed by atoms with Crippen LogP contribution in [0.2, 0.25) is 0 Å². The maximum Gasteiger partial charge on any atom is 0.338 e. The molecule has 0 saturated heterocycles. The molecule has 2 N–H and O–H groups in total. The number of carbonyl (C=O) groups is 1. The number of fused-ring (bicyclic) bond motifs is 1. The number of carbonyl (C=O) groups excluding carboxylic acids is 1. The van der Waals surface area contributed by atoms with Crippen LogP contribution in [0.1, 0.15) is 25.3 Å². The third-order valence-corrected chi connectivity index (χ3v) is 4.59. The molecule has 7 nitrogen and oxygen atoms in total. The molecule has 0 unspecified atom stereocenters. The number of hydrogen-bond donors (Lipinski definition) is 1. The largest absolute Gasteiger partial charge is 0.463 e. The number of halogens is 1. The average molecular weight is 407 g/mol. The van der Waals surface area contributed by atoms with Gasteiger partial charge in [0, 0.05) is 4.47 Å². The Morgan fingerprint density at radius 2 is 2.12 bits per heavy atom. The van der Waals surface area contributed by atoms with E-state index < -0.39 is 11.9 Å². The molecule has 0 saturated carbocycles. The molecule has 0 radical (unpaired) electrons. The Kier molecular flexibility index (Phi) is 4.59. The molecule has 3 rings (SSSR count). The van der Waals surface area contributed by atoms with Gasteiger partial charge in [-0.15, -0.1) is 0 Å². The molecule has 0 bridgehead atoms. The van der Waals surface area contributed by atoms with Gasteiger partial charge in [-0.3, -0.25) is 0 Å². The molecule has 2 aliphatic rings. The highest BCUT2D eigenvalue weighted by molar-refractivity contribution is 9.10. The van der Waals surface area contributed by atoms with Gasteiger partial charge in [-0.2, -0.15) is 5.26 Å². The first-order valence-corrected chi connectivity index (χ1v) is 8.31. The van der Waals surface area contributed by atoms with Gasteiger partial charge in [-0.05, 0) is 31.5 Å². The highest BCUT2D eigenvalue weighted by Gasteiger charge is 2.38. The lowest BCUT2D eigenvalue weighted by atomic mass is 9.83. The molecule has 2 aliphatic heterocycles. The number of hydrogen-bond acceptors (Lipinski definition) is 7. The zero-order chi connectivity index (χ0) is 18.1. The highest BCUT2D eigenvalue weighted by Crippen LogP contribution is 2.46. The third-order valence-electron chi connectivity index (χ3n) is 3.90. The SMILES string of the molecule is CCOC(=O)C1=C(C)OC(N)=C(C#N)[C@H]1c1cc2c(cc1Br)OCO2. The van der Waals surface area contributed by atoms with Gasteiger partial charge in [0.05, 0.1) is 18.1 Å². The number of allylic oxidation sites excluding steroid dienone is 2. The maximum absolute atomic E-state index is 12.5. The van der Waals surface area contributed by atoms with Gasteiger partial charge in [0.2, 0.25) is 12.7 Å². The fourth-order valence-corrected chi connectivity index (χ4v) is 3.37.